The third kappa shape index (κ3) is 2.43. The van der Waals surface area contributed by atoms with Gasteiger partial charge in [-0.25, -0.2) is 0 Å². The summed E-state index contributed by atoms with van der Waals surface area (Å²) in [7, 11) is 0. The van der Waals surface area contributed by atoms with E-state index in [0.717, 1.165) is 23.3 Å². The van der Waals surface area contributed by atoms with Gasteiger partial charge < -0.3 is 5.11 Å². The van der Waals surface area contributed by atoms with Crippen LogP contribution in [0.1, 0.15) is 35.1 Å². The molecule has 1 unspecified atom stereocenters. The topological polar surface area (TPSA) is 20.2 Å². The lowest BCUT2D eigenvalue weighted by Crippen LogP contribution is -2.25. The van der Waals surface area contributed by atoms with Crippen LogP contribution in [0, 0.1) is 6.92 Å². The monoisotopic (exact) mass is 246 g/mol. The van der Waals surface area contributed by atoms with E-state index in [1.54, 1.807) is 11.3 Å². The molecule has 2 aromatic rings. The Balaban J connectivity index is 2.46. The molecule has 0 saturated carbocycles. The van der Waals surface area contributed by atoms with Crippen molar-refractivity contribution >= 4 is 11.3 Å². The largest absolute Gasteiger partial charge is 0.380 e. The summed E-state index contributed by atoms with van der Waals surface area (Å²) in [5.74, 6) is 0. The van der Waals surface area contributed by atoms with Crippen LogP contribution < -0.4 is 0 Å². The van der Waals surface area contributed by atoms with Gasteiger partial charge in [0.15, 0.2) is 0 Å². The lowest BCUT2D eigenvalue weighted by atomic mass is 9.88. The van der Waals surface area contributed by atoms with Gasteiger partial charge in [0.05, 0.1) is 0 Å². The second-order valence-electron chi connectivity index (χ2n) is 4.39. The first-order valence-corrected chi connectivity index (χ1v) is 6.83. The highest BCUT2D eigenvalue weighted by Gasteiger charge is 2.31. The minimum absolute atomic E-state index is 0.761. The van der Waals surface area contributed by atoms with E-state index in [2.05, 4.69) is 19.9 Å². The zero-order valence-corrected chi connectivity index (χ0v) is 11.1. The maximum absolute atomic E-state index is 11.0. The highest BCUT2D eigenvalue weighted by Crippen LogP contribution is 2.37. The molecule has 0 aliphatic heterocycles. The van der Waals surface area contributed by atoms with Crippen molar-refractivity contribution in [3.8, 4) is 0 Å². The average molecular weight is 246 g/mol. The van der Waals surface area contributed by atoms with Gasteiger partial charge in [0.2, 0.25) is 0 Å². The third-order valence-electron chi connectivity index (χ3n) is 3.01. The first-order valence-electron chi connectivity index (χ1n) is 6.01. The van der Waals surface area contributed by atoms with Gasteiger partial charge in [0.25, 0.3) is 0 Å². The zero-order chi connectivity index (χ0) is 12.3. The molecule has 0 aliphatic rings. The van der Waals surface area contributed by atoms with Gasteiger partial charge in [0, 0.05) is 9.75 Å². The molecule has 0 spiro atoms. The van der Waals surface area contributed by atoms with E-state index in [-0.39, 0.29) is 0 Å². The fourth-order valence-corrected chi connectivity index (χ4v) is 3.15. The summed E-state index contributed by atoms with van der Waals surface area (Å²) in [6.45, 7) is 4.18. The van der Waals surface area contributed by atoms with Crippen LogP contribution in [0.5, 0.6) is 0 Å². The molecule has 1 N–H and O–H groups in total. The van der Waals surface area contributed by atoms with Gasteiger partial charge in [-0.1, -0.05) is 43.7 Å². The molecule has 2 rings (SSSR count). The summed E-state index contributed by atoms with van der Waals surface area (Å²) in [5.41, 5.74) is 0.165. The van der Waals surface area contributed by atoms with E-state index in [4.69, 9.17) is 0 Å². The predicted octanol–water partition coefficient (Wildman–Crippen LogP) is 4.09. The van der Waals surface area contributed by atoms with Crippen LogP contribution in [-0.2, 0) is 5.60 Å². The molecule has 0 radical (unpaired) electrons. The normalized spacial score (nSPS) is 14.5. The van der Waals surface area contributed by atoms with E-state index in [1.165, 1.54) is 4.88 Å². The van der Waals surface area contributed by atoms with Crippen molar-refractivity contribution in [3.05, 3.63) is 57.8 Å². The second kappa shape index (κ2) is 5.03. The Bertz CT molecular complexity index is 475. The molecule has 0 fully saturated rings. The Labute approximate surface area is 107 Å². The van der Waals surface area contributed by atoms with E-state index < -0.39 is 5.60 Å². The quantitative estimate of drug-likeness (QED) is 0.861. The minimum Gasteiger partial charge on any atom is -0.380 e. The van der Waals surface area contributed by atoms with E-state index in [1.807, 2.05) is 36.4 Å². The summed E-state index contributed by atoms with van der Waals surface area (Å²) in [6, 6.07) is 14.1. The van der Waals surface area contributed by atoms with Crippen LogP contribution >= 0.6 is 11.3 Å². The fourth-order valence-electron chi connectivity index (χ4n) is 2.14. The number of thiophene rings is 1. The molecule has 1 aromatic heterocycles. The number of aliphatic hydroxyl groups is 1. The molecule has 1 heterocycles. The molecule has 1 atom stereocenters. The van der Waals surface area contributed by atoms with Crippen molar-refractivity contribution in [1.82, 2.24) is 0 Å². The van der Waals surface area contributed by atoms with E-state index in [9.17, 15) is 5.11 Å². The highest BCUT2D eigenvalue weighted by atomic mass is 32.1. The Morgan fingerprint density at radius 2 is 1.82 bits per heavy atom. The summed E-state index contributed by atoms with van der Waals surface area (Å²) >= 11 is 1.68. The third-order valence-corrected chi connectivity index (χ3v) is 4.16. The summed E-state index contributed by atoms with van der Waals surface area (Å²) in [5, 5.41) is 11.0. The van der Waals surface area contributed by atoms with Crippen molar-refractivity contribution in [2.45, 2.75) is 32.3 Å². The SMILES string of the molecule is CCCC(O)(c1ccccc1)c1ccc(C)s1. The first kappa shape index (κ1) is 12.3. The fraction of sp³-hybridized carbons (Fsp3) is 0.333. The minimum atomic E-state index is -0.824. The van der Waals surface area contributed by atoms with Gasteiger partial charge in [0.1, 0.15) is 5.60 Å². The van der Waals surface area contributed by atoms with Gasteiger partial charge in [-0.2, -0.15) is 0 Å². The Morgan fingerprint density at radius 1 is 1.12 bits per heavy atom. The van der Waals surface area contributed by atoms with E-state index >= 15 is 0 Å². The maximum Gasteiger partial charge on any atom is 0.124 e. The molecule has 1 nitrogen and oxygen atoms in total. The number of benzene rings is 1. The van der Waals surface area contributed by atoms with Crippen molar-refractivity contribution in [2.24, 2.45) is 0 Å². The van der Waals surface area contributed by atoms with Crippen LogP contribution in [0.3, 0.4) is 0 Å². The number of hydrogen-bond acceptors (Lipinski definition) is 2. The van der Waals surface area contributed by atoms with Crippen molar-refractivity contribution in [3.63, 3.8) is 0 Å². The molecule has 0 bridgehead atoms. The van der Waals surface area contributed by atoms with Crippen molar-refractivity contribution in [2.75, 3.05) is 0 Å². The standard InChI is InChI=1S/C15H18OS/c1-3-11-15(16,13-7-5-4-6-8-13)14-10-9-12(2)17-14/h4-10,16H,3,11H2,1-2H3. The van der Waals surface area contributed by atoms with Gasteiger partial charge >= 0.3 is 0 Å². The first-order chi connectivity index (χ1) is 8.16. The van der Waals surface area contributed by atoms with Gasteiger partial charge in [-0.05, 0) is 31.0 Å². The summed E-state index contributed by atoms with van der Waals surface area (Å²) in [6.07, 6.45) is 1.72. The highest BCUT2D eigenvalue weighted by molar-refractivity contribution is 7.12. The Hall–Kier alpha value is -1.12. The summed E-state index contributed by atoms with van der Waals surface area (Å²) in [4.78, 5) is 2.29. The number of rotatable bonds is 4. The molecule has 0 amide bonds. The second-order valence-corrected chi connectivity index (χ2v) is 5.67. The molecule has 0 saturated heterocycles. The van der Waals surface area contributed by atoms with Crippen LogP contribution in [0.2, 0.25) is 0 Å². The lowest BCUT2D eigenvalue weighted by molar-refractivity contribution is 0.0740. The molecule has 2 heteroatoms. The van der Waals surface area contributed by atoms with E-state index in [0.29, 0.717) is 0 Å². The average Bonchev–Trinajstić information content (AvgIpc) is 2.78. The Morgan fingerprint density at radius 3 is 2.35 bits per heavy atom. The molecular weight excluding hydrogens is 228 g/mol. The maximum atomic E-state index is 11.0. The zero-order valence-electron chi connectivity index (χ0n) is 10.3. The molecule has 0 aliphatic carbocycles. The molecular formula is C15H18OS. The lowest BCUT2D eigenvalue weighted by Gasteiger charge is -2.27. The Kier molecular flexibility index (Phi) is 3.65. The van der Waals surface area contributed by atoms with Crippen molar-refractivity contribution < 1.29 is 5.11 Å². The van der Waals surface area contributed by atoms with Crippen LogP contribution in [0.4, 0.5) is 0 Å². The van der Waals surface area contributed by atoms with Crippen LogP contribution in [-0.4, -0.2) is 5.11 Å². The van der Waals surface area contributed by atoms with Crippen molar-refractivity contribution in [1.29, 1.82) is 0 Å². The number of hydrogen-bond donors (Lipinski definition) is 1. The van der Waals surface area contributed by atoms with Crippen LogP contribution in [0.25, 0.3) is 0 Å². The smallest absolute Gasteiger partial charge is 0.124 e. The molecule has 90 valence electrons. The van der Waals surface area contributed by atoms with Crippen LogP contribution in [0.15, 0.2) is 42.5 Å². The molecule has 1 aromatic carbocycles. The summed E-state index contributed by atoms with van der Waals surface area (Å²) < 4.78 is 0. The van der Waals surface area contributed by atoms with Gasteiger partial charge in [-0.15, -0.1) is 11.3 Å². The number of aryl methyl sites for hydroxylation is 1. The molecule has 17 heavy (non-hydrogen) atoms. The predicted molar refractivity (Wildman–Crippen MR) is 73.4 cm³/mol. The van der Waals surface area contributed by atoms with Gasteiger partial charge in [-0.3, -0.25) is 0 Å².